The number of halogens is 1. The van der Waals surface area contributed by atoms with Crippen LogP contribution in [-0.2, 0) is 4.84 Å². The lowest BCUT2D eigenvalue weighted by molar-refractivity contribution is 0.292. The summed E-state index contributed by atoms with van der Waals surface area (Å²) < 4.78 is 5.53. The van der Waals surface area contributed by atoms with Gasteiger partial charge in [-0.1, -0.05) is 48.5 Å². The first-order chi connectivity index (χ1) is 14.0. The molecule has 3 aromatic rings. The molecular weight excluding hydrogens is 386 g/mol. The minimum Gasteiger partial charge on any atom is -0.508 e. The number of rotatable bonds is 6. The quantitative estimate of drug-likeness (QED) is 0.233. The minimum atomic E-state index is 0.147. The SMILES string of the molecule is C=C(/C(=C(\ON)c1ccc(O)cc1)c1ccccc1C)c1c(Cl)cccc1OC. The fourth-order valence-corrected chi connectivity index (χ4v) is 3.53. The van der Waals surface area contributed by atoms with Gasteiger partial charge in [0.15, 0.2) is 5.76 Å². The van der Waals surface area contributed by atoms with Gasteiger partial charge < -0.3 is 14.7 Å². The molecule has 148 valence electrons. The summed E-state index contributed by atoms with van der Waals surface area (Å²) in [5, 5.41) is 10.2. The fraction of sp³-hybridized carbons (Fsp3) is 0.0833. The zero-order valence-corrected chi connectivity index (χ0v) is 17.0. The molecule has 0 spiro atoms. The van der Waals surface area contributed by atoms with Crippen LogP contribution in [0.15, 0.2) is 73.3 Å². The van der Waals surface area contributed by atoms with Gasteiger partial charge in [-0.25, -0.2) is 0 Å². The number of hydrogen-bond acceptors (Lipinski definition) is 4. The average molecular weight is 408 g/mol. The first kappa shape index (κ1) is 20.5. The molecule has 3 aromatic carbocycles. The summed E-state index contributed by atoms with van der Waals surface area (Å²) in [5.74, 6) is 6.88. The van der Waals surface area contributed by atoms with Gasteiger partial charge in [-0.3, -0.25) is 0 Å². The molecule has 0 amide bonds. The molecule has 0 heterocycles. The van der Waals surface area contributed by atoms with Crippen molar-refractivity contribution in [1.82, 2.24) is 0 Å². The van der Waals surface area contributed by atoms with E-state index in [0.717, 1.165) is 11.1 Å². The van der Waals surface area contributed by atoms with Gasteiger partial charge >= 0.3 is 0 Å². The number of phenols is 1. The Morgan fingerprint density at radius 1 is 1.00 bits per heavy atom. The number of nitrogens with two attached hydrogens (primary N) is 1. The molecule has 5 heteroatoms. The molecule has 0 atom stereocenters. The molecular formula is C24H22ClNO3. The third-order valence-corrected chi connectivity index (χ3v) is 5.00. The molecule has 29 heavy (non-hydrogen) atoms. The van der Waals surface area contributed by atoms with Crippen molar-refractivity contribution >= 4 is 28.5 Å². The molecule has 0 radical (unpaired) electrons. The molecule has 3 N–H and O–H groups in total. The van der Waals surface area contributed by atoms with Crippen molar-refractivity contribution in [2.24, 2.45) is 5.90 Å². The standard InChI is InChI=1S/C24H22ClNO3/c1-15-7-4-5-8-19(15)22(24(29-26)17-11-13-18(27)14-12-17)16(2)23-20(25)9-6-10-21(23)28-3/h4-14,27H,2,26H2,1,3H3/b24-22+. The summed E-state index contributed by atoms with van der Waals surface area (Å²) in [6, 6.07) is 19.9. The van der Waals surface area contributed by atoms with Gasteiger partial charge in [0.2, 0.25) is 0 Å². The highest BCUT2D eigenvalue weighted by Gasteiger charge is 2.23. The second-order valence-corrected chi connectivity index (χ2v) is 6.89. The second-order valence-electron chi connectivity index (χ2n) is 6.48. The van der Waals surface area contributed by atoms with Gasteiger partial charge in [0.1, 0.15) is 11.5 Å². The van der Waals surface area contributed by atoms with Crippen molar-refractivity contribution in [1.29, 1.82) is 0 Å². The fourth-order valence-electron chi connectivity index (χ4n) is 3.25. The Labute approximate surface area is 175 Å². The molecule has 0 saturated carbocycles. The summed E-state index contributed by atoms with van der Waals surface area (Å²) in [7, 11) is 1.58. The van der Waals surface area contributed by atoms with E-state index in [-0.39, 0.29) is 5.75 Å². The van der Waals surface area contributed by atoms with E-state index in [9.17, 15) is 5.11 Å². The minimum absolute atomic E-state index is 0.147. The molecule has 0 aromatic heterocycles. The number of ether oxygens (including phenoxy) is 1. The summed E-state index contributed by atoms with van der Waals surface area (Å²) in [4.78, 5) is 5.36. The van der Waals surface area contributed by atoms with Gasteiger partial charge in [0.05, 0.1) is 12.1 Å². The van der Waals surface area contributed by atoms with E-state index in [2.05, 4.69) is 6.58 Å². The first-order valence-electron chi connectivity index (χ1n) is 8.96. The second kappa shape index (κ2) is 8.86. The lowest BCUT2D eigenvalue weighted by atomic mass is 9.88. The molecule has 0 aliphatic carbocycles. The van der Waals surface area contributed by atoms with Gasteiger partial charge in [0.25, 0.3) is 0 Å². The van der Waals surface area contributed by atoms with Crippen LogP contribution < -0.4 is 10.6 Å². The van der Waals surface area contributed by atoms with E-state index >= 15 is 0 Å². The lowest BCUT2D eigenvalue weighted by Gasteiger charge is -2.20. The number of aromatic hydroxyl groups is 1. The van der Waals surface area contributed by atoms with Crippen LogP contribution in [-0.4, -0.2) is 12.2 Å². The maximum atomic E-state index is 9.66. The van der Waals surface area contributed by atoms with E-state index in [1.807, 2.05) is 43.3 Å². The Kier molecular flexibility index (Phi) is 6.27. The first-order valence-corrected chi connectivity index (χ1v) is 9.34. The molecule has 0 fully saturated rings. The predicted molar refractivity (Wildman–Crippen MR) is 118 cm³/mol. The van der Waals surface area contributed by atoms with Crippen LogP contribution in [0.3, 0.4) is 0 Å². The molecule has 4 nitrogen and oxygen atoms in total. The molecule has 0 unspecified atom stereocenters. The number of methoxy groups -OCH3 is 1. The maximum Gasteiger partial charge on any atom is 0.162 e. The van der Waals surface area contributed by atoms with Crippen LogP contribution in [0, 0.1) is 6.92 Å². The number of hydrogen-bond donors (Lipinski definition) is 2. The Hall–Kier alpha value is -3.21. The van der Waals surface area contributed by atoms with E-state index < -0.39 is 0 Å². The molecule has 0 bridgehead atoms. The maximum absolute atomic E-state index is 9.66. The highest BCUT2D eigenvalue weighted by atomic mass is 35.5. The number of phenolic OH excluding ortho intramolecular Hbond substituents is 1. The van der Waals surface area contributed by atoms with Crippen molar-refractivity contribution in [3.05, 3.63) is 101 Å². The Morgan fingerprint density at radius 3 is 2.31 bits per heavy atom. The smallest absolute Gasteiger partial charge is 0.162 e. The van der Waals surface area contributed by atoms with Crippen molar-refractivity contribution in [2.45, 2.75) is 6.92 Å². The van der Waals surface area contributed by atoms with E-state index in [4.69, 9.17) is 27.1 Å². The topological polar surface area (TPSA) is 64.7 Å². The van der Waals surface area contributed by atoms with Crippen LogP contribution in [0.1, 0.15) is 22.3 Å². The van der Waals surface area contributed by atoms with Crippen LogP contribution in [0.4, 0.5) is 0 Å². The van der Waals surface area contributed by atoms with E-state index in [0.29, 0.717) is 38.8 Å². The third-order valence-electron chi connectivity index (χ3n) is 4.69. The average Bonchev–Trinajstić information content (AvgIpc) is 2.73. The summed E-state index contributed by atoms with van der Waals surface area (Å²) in [6.45, 7) is 6.31. The van der Waals surface area contributed by atoms with Crippen LogP contribution in [0.25, 0.3) is 16.9 Å². The third kappa shape index (κ3) is 4.14. The number of aryl methyl sites for hydroxylation is 1. The van der Waals surface area contributed by atoms with Gasteiger partial charge in [-0.05, 0) is 60.0 Å². The van der Waals surface area contributed by atoms with Crippen molar-refractivity contribution < 1.29 is 14.7 Å². The van der Waals surface area contributed by atoms with Crippen LogP contribution >= 0.6 is 11.6 Å². The largest absolute Gasteiger partial charge is 0.508 e. The zero-order chi connectivity index (χ0) is 21.0. The van der Waals surface area contributed by atoms with Gasteiger partial charge in [-0.15, -0.1) is 0 Å². The highest BCUT2D eigenvalue weighted by molar-refractivity contribution is 6.34. The number of benzene rings is 3. The lowest BCUT2D eigenvalue weighted by Crippen LogP contribution is -2.05. The zero-order valence-electron chi connectivity index (χ0n) is 16.3. The summed E-state index contributed by atoms with van der Waals surface area (Å²) in [5.41, 5.74) is 4.55. The normalized spacial score (nSPS) is 11.6. The summed E-state index contributed by atoms with van der Waals surface area (Å²) in [6.07, 6.45) is 0. The van der Waals surface area contributed by atoms with E-state index in [1.54, 1.807) is 37.4 Å². The molecule has 0 saturated heterocycles. The van der Waals surface area contributed by atoms with E-state index in [1.165, 1.54) is 0 Å². The van der Waals surface area contributed by atoms with Gasteiger partial charge in [0, 0.05) is 16.7 Å². The summed E-state index contributed by atoms with van der Waals surface area (Å²) >= 11 is 6.52. The van der Waals surface area contributed by atoms with Crippen LogP contribution in [0.5, 0.6) is 11.5 Å². The molecule has 0 aliphatic heterocycles. The predicted octanol–water partition coefficient (Wildman–Crippen LogP) is 5.83. The van der Waals surface area contributed by atoms with Gasteiger partial charge in [-0.2, -0.15) is 5.90 Å². The van der Waals surface area contributed by atoms with Crippen LogP contribution in [0.2, 0.25) is 5.02 Å². The Morgan fingerprint density at radius 2 is 1.69 bits per heavy atom. The Balaban J connectivity index is 2.34. The molecule has 3 rings (SSSR count). The monoisotopic (exact) mass is 407 g/mol. The highest BCUT2D eigenvalue weighted by Crippen LogP contribution is 2.43. The van der Waals surface area contributed by atoms with Crippen molar-refractivity contribution in [2.75, 3.05) is 7.11 Å². The van der Waals surface area contributed by atoms with Crippen molar-refractivity contribution in [3.63, 3.8) is 0 Å². The molecule has 0 aliphatic rings. The number of allylic oxidation sites excluding steroid dienone is 2. The van der Waals surface area contributed by atoms with Crippen molar-refractivity contribution in [3.8, 4) is 11.5 Å². The Bertz CT molecular complexity index is 1070.